The van der Waals surface area contributed by atoms with Crippen molar-refractivity contribution in [3.05, 3.63) is 63.9 Å². The third-order valence-electron chi connectivity index (χ3n) is 4.94. The summed E-state index contributed by atoms with van der Waals surface area (Å²) in [7, 11) is 1.63. The molecule has 32 heavy (non-hydrogen) atoms. The smallest absolute Gasteiger partial charge is 0.410 e. The van der Waals surface area contributed by atoms with Crippen LogP contribution in [0, 0.1) is 0 Å². The van der Waals surface area contributed by atoms with Gasteiger partial charge in [0.05, 0.1) is 6.21 Å². The van der Waals surface area contributed by atoms with Crippen molar-refractivity contribution < 1.29 is 9.53 Å². The van der Waals surface area contributed by atoms with E-state index in [0.29, 0.717) is 32.4 Å². The van der Waals surface area contributed by atoms with Crippen molar-refractivity contribution in [3.8, 4) is 0 Å². The van der Waals surface area contributed by atoms with Gasteiger partial charge in [-0.15, -0.1) is 0 Å². The van der Waals surface area contributed by atoms with E-state index < -0.39 is 16.9 Å². The summed E-state index contributed by atoms with van der Waals surface area (Å²) in [5.74, 6) is 0.276. The second kappa shape index (κ2) is 10.8. The van der Waals surface area contributed by atoms with Crippen LogP contribution in [0.2, 0.25) is 0 Å². The van der Waals surface area contributed by atoms with Gasteiger partial charge in [0, 0.05) is 32.2 Å². The third-order valence-corrected chi connectivity index (χ3v) is 4.94. The number of carbonyl (C=O) groups excluding carboxylic acids is 1. The number of anilines is 1. The number of allylic oxidation sites excluding steroid dienone is 4. The van der Waals surface area contributed by atoms with Gasteiger partial charge in [0.15, 0.2) is 0 Å². The molecule has 1 fully saturated rings. The lowest BCUT2D eigenvalue weighted by Crippen LogP contribution is -2.40. The standard InChI is InChI=1S/C23H33N5O4/c1-7-10-17(8-2)16-24-26(6)19-15-20(29)28(21(30)25-19)18-11-9-13-27(14-12-18)22(31)32-23(3,4)5/h7-8,10,15-16,18H,1-2,9,11-14H2,3-6H3,(H,25,30)/b17-10+,24-16+. The molecule has 0 aromatic carbocycles. The molecule has 0 spiro atoms. The summed E-state index contributed by atoms with van der Waals surface area (Å²) in [6, 6.07) is 1.05. The maximum absolute atomic E-state index is 12.8. The largest absolute Gasteiger partial charge is 0.444 e. The summed E-state index contributed by atoms with van der Waals surface area (Å²) in [4.78, 5) is 42.3. The molecule has 9 nitrogen and oxygen atoms in total. The SMILES string of the molecule is C=C/C=C(C=C)/C=N/N(C)c1cc(=O)n(C2CCCN(C(=O)OC(C)(C)C)CC2)c(=O)[nH]1. The average molecular weight is 444 g/mol. The van der Waals surface area contributed by atoms with E-state index in [-0.39, 0.29) is 18.0 Å². The molecule has 1 unspecified atom stereocenters. The molecule has 1 aromatic rings. The number of amides is 1. The Hall–Kier alpha value is -3.36. The zero-order valence-corrected chi connectivity index (χ0v) is 19.3. The molecular weight excluding hydrogens is 410 g/mol. The normalized spacial score (nSPS) is 17.7. The Balaban J connectivity index is 2.17. The number of nitrogens with one attached hydrogen (secondary N) is 1. The van der Waals surface area contributed by atoms with Crippen LogP contribution in [0.25, 0.3) is 0 Å². The van der Waals surface area contributed by atoms with Crippen molar-refractivity contribution in [2.24, 2.45) is 5.10 Å². The van der Waals surface area contributed by atoms with Crippen LogP contribution in [0.15, 0.2) is 57.7 Å². The molecule has 2 heterocycles. The van der Waals surface area contributed by atoms with E-state index in [4.69, 9.17) is 4.74 Å². The van der Waals surface area contributed by atoms with Crippen LogP contribution >= 0.6 is 0 Å². The van der Waals surface area contributed by atoms with Gasteiger partial charge in [-0.05, 0) is 45.6 Å². The number of aromatic amines is 1. The van der Waals surface area contributed by atoms with Crippen LogP contribution in [0.5, 0.6) is 0 Å². The highest BCUT2D eigenvalue weighted by molar-refractivity contribution is 5.83. The number of rotatable bonds is 6. The topological polar surface area (TPSA) is 100 Å². The zero-order chi connectivity index (χ0) is 23.9. The van der Waals surface area contributed by atoms with Gasteiger partial charge in [-0.25, -0.2) is 9.59 Å². The van der Waals surface area contributed by atoms with E-state index in [1.165, 1.54) is 15.6 Å². The summed E-state index contributed by atoms with van der Waals surface area (Å²) in [5, 5.41) is 5.63. The van der Waals surface area contributed by atoms with Crippen molar-refractivity contribution >= 4 is 18.1 Å². The number of carbonyl (C=O) groups is 1. The number of hydrogen-bond acceptors (Lipinski definition) is 6. The number of hydrazone groups is 1. The van der Waals surface area contributed by atoms with Crippen molar-refractivity contribution in [1.29, 1.82) is 0 Å². The second-order valence-electron chi connectivity index (χ2n) is 8.59. The van der Waals surface area contributed by atoms with E-state index >= 15 is 0 Å². The molecule has 1 aromatic heterocycles. The van der Waals surface area contributed by atoms with Crippen LogP contribution in [0.1, 0.15) is 46.1 Å². The second-order valence-corrected chi connectivity index (χ2v) is 8.59. The predicted molar refractivity (Wildman–Crippen MR) is 127 cm³/mol. The minimum atomic E-state index is -0.574. The molecule has 0 bridgehead atoms. The summed E-state index contributed by atoms with van der Waals surface area (Å²) >= 11 is 0. The quantitative estimate of drug-likeness (QED) is 0.413. The van der Waals surface area contributed by atoms with Gasteiger partial charge < -0.3 is 9.64 Å². The Morgan fingerprint density at radius 1 is 1.28 bits per heavy atom. The average Bonchev–Trinajstić information content (AvgIpc) is 2.95. The summed E-state index contributed by atoms with van der Waals surface area (Å²) in [6.07, 6.45) is 7.91. The van der Waals surface area contributed by atoms with Gasteiger partial charge in [-0.1, -0.05) is 31.4 Å². The van der Waals surface area contributed by atoms with E-state index in [1.54, 1.807) is 36.4 Å². The van der Waals surface area contributed by atoms with Crippen LogP contribution in [0.3, 0.4) is 0 Å². The first kappa shape index (κ1) is 24.9. The van der Waals surface area contributed by atoms with Crippen LogP contribution in [-0.2, 0) is 4.74 Å². The maximum Gasteiger partial charge on any atom is 0.410 e. The number of H-pyrrole nitrogens is 1. The van der Waals surface area contributed by atoms with E-state index in [0.717, 1.165) is 5.57 Å². The lowest BCUT2D eigenvalue weighted by Gasteiger charge is -2.26. The van der Waals surface area contributed by atoms with Crippen LogP contribution in [-0.4, -0.2) is 52.5 Å². The monoisotopic (exact) mass is 443 g/mol. The highest BCUT2D eigenvalue weighted by atomic mass is 16.6. The van der Waals surface area contributed by atoms with E-state index in [9.17, 15) is 14.4 Å². The fourth-order valence-electron chi connectivity index (χ4n) is 3.37. The number of ether oxygens (including phenoxy) is 1. The summed E-state index contributed by atoms with van der Waals surface area (Å²) in [5.41, 5.74) is -0.756. The van der Waals surface area contributed by atoms with Gasteiger partial charge in [-0.3, -0.25) is 19.4 Å². The molecule has 174 valence electrons. The highest BCUT2D eigenvalue weighted by Gasteiger charge is 2.27. The molecule has 1 atom stereocenters. The van der Waals surface area contributed by atoms with Gasteiger partial charge in [0.2, 0.25) is 0 Å². The Morgan fingerprint density at radius 2 is 2.00 bits per heavy atom. The minimum absolute atomic E-state index is 0.276. The Morgan fingerprint density at radius 3 is 2.59 bits per heavy atom. The molecular formula is C23H33N5O4. The minimum Gasteiger partial charge on any atom is -0.444 e. The van der Waals surface area contributed by atoms with E-state index in [1.807, 2.05) is 20.8 Å². The summed E-state index contributed by atoms with van der Waals surface area (Å²) in [6.45, 7) is 13.7. The molecule has 1 aliphatic rings. The third kappa shape index (κ3) is 6.83. The Labute approximate surface area is 188 Å². The molecule has 1 aliphatic heterocycles. The van der Waals surface area contributed by atoms with Crippen molar-refractivity contribution in [2.75, 3.05) is 25.1 Å². The number of aromatic nitrogens is 2. The lowest BCUT2D eigenvalue weighted by atomic mass is 10.1. The Bertz CT molecular complexity index is 981. The fraction of sp³-hybridized carbons (Fsp3) is 0.478. The van der Waals surface area contributed by atoms with Gasteiger partial charge >= 0.3 is 11.8 Å². The molecule has 0 aliphatic carbocycles. The first-order chi connectivity index (χ1) is 15.1. The first-order valence-corrected chi connectivity index (χ1v) is 10.6. The van der Waals surface area contributed by atoms with Gasteiger partial charge in [0.25, 0.3) is 5.56 Å². The first-order valence-electron chi connectivity index (χ1n) is 10.6. The Kier molecular flexibility index (Phi) is 8.40. The molecule has 1 saturated heterocycles. The van der Waals surface area contributed by atoms with Gasteiger partial charge in [-0.2, -0.15) is 5.10 Å². The molecule has 1 amide bonds. The molecule has 9 heteroatoms. The van der Waals surface area contributed by atoms with Crippen molar-refractivity contribution in [3.63, 3.8) is 0 Å². The highest BCUT2D eigenvalue weighted by Crippen LogP contribution is 2.22. The van der Waals surface area contributed by atoms with E-state index in [2.05, 4.69) is 23.2 Å². The molecule has 2 rings (SSSR count). The van der Waals surface area contributed by atoms with Crippen LogP contribution < -0.4 is 16.3 Å². The van der Waals surface area contributed by atoms with Gasteiger partial charge in [0.1, 0.15) is 11.4 Å². The number of nitrogens with zero attached hydrogens (tertiary/aromatic N) is 4. The number of likely N-dealkylation sites (tertiary alicyclic amines) is 1. The predicted octanol–water partition coefficient (Wildman–Crippen LogP) is 3.22. The molecule has 0 radical (unpaired) electrons. The molecule has 0 saturated carbocycles. The summed E-state index contributed by atoms with van der Waals surface area (Å²) < 4.78 is 6.67. The fourth-order valence-corrected chi connectivity index (χ4v) is 3.37. The maximum atomic E-state index is 12.8. The van der Waals surface area contributed by atoms with Crippen molar-refractivity contribution in [1.82, 2.24) is 14.5 Å². The van der Waals surface area contributed by atoms with Crippen LogP contribution in [0.4, 0.5) is 10.6 Å². The zero-order valence-electron chi connectivity index (χ0n) is 19.3. The van der Waals surface area contributed by atoms with Crippen molar-refractivity contribution in [2.45, 2.75) is 51.7 Å². The number of hydrogen-bond donors (Lipinski definition) is 1. The lowest BCUT2D eigenvalue weighted by molar-refractivity contribution is 0.0255. The molecule has 1 N–H and O–H groups in total.